The van der Waals surface area contributed by atoms with Crippen LogP contribution in [-0.4, -0.2) is 37.0 Å². The summed E-state index contributed by atoms with van der Waals surface area (Å²) in [5, 5.41) is 0. The van der Waals surface area contributed by atoms with Crippen LogP contribution >= 0.6 is 0 Å². The minimum atomic E-state index is -4.06. The molecule has 2 fully saturated rings. The molecule has 0 spiro atoms. The van der Waals surface area contributed by atoms with Gasteiger partial charge in [0.1, 0.15) is 6.29 Å². The van der Waals surface area contributed by atoms with E-state index >= 15 is 0 Å². The lowest BCUT2D eigenvalue weighted by Crippen LogP contribution is -2.46. The normalized spacial score (nSPS) is 34.1. The standard InChI is InChI=1S/C15H24F3NO/c1-12-3-2-6-14(9-12,11-20)10-19-7-4-13(5-8-19)15(16,17)18/h11-13H,2-10H2,1H3. The van der Waals surface area contributed by atoms with Crippen molar-refractivity contribution in [3.05, 3.63) is 0 Å². The average Bonchev–Trinajstić information content (AvgIpc) is 2.38. The highest BCUT2D eigenvalue weighted by molar-refractivity contribution is 5.60. The topological polar surface area (TPSA) is 20.3 Å². The van der Waals surface area contributed by atoms with Gasteiger partial charge in [-0.1, -0.05) is 19.8 Å². The van der Waals surface area contributed by atoms with Gasteiger partial charge in [-0.25, -0.2) is 0 Å². The van der Waals surface area contributed by atoms with E-state index in [4.69, 9.17) is 0 Å². The third kappa shape index (κ3) is 3.74. The third-order valence-corrected chi connectivity index (χ3v) is 4.97. The van der Waals surface area contributed by atoms with Gasteiger partial charge in [0, 0.05) is 12.0 Å². The van der Waals surface area contributed by atoms with Gasteiger partial charge in [0.25, 0.3) is 0 Å². The van der Waals surface area contributed by atoms with E-state index in [9.17, 15) is 18.0 Å². The van der Waals surface area contributed by atoms with Crippen molar-refractivity contribution in [2.75, 3.05) is 19.6 Å². The Bertz CT molecular complexity index is 337. The van der Waals surface area contributed by atoms with Crippen LogP contribution in [0.15, 0.2) is 0 Å². The van der Waals surface area contributed by atoms with Crippen LogP contribution in [0.2, 0.25) is 0 Å². The van der Waals surface area contributed by atoms with Crippen molar-refractivity contribution in [1.82, 2.24) is 4.90 Å². The number of alkyl halides is 3. The average molecular weight is 291 g/mol. The van der Waals surface area contributed by atoms with E-state index < -0.39 is 12.1 Å². The Kier molecular flexibility index (Phi) is 4.77. The number of piperidine rings is 1. The molecule has 2 nitrogen and oxygen atoms in total. The molecule has 1 saturated carbocycles. The van der Waals surface area contributed by atoms with E-state index in [1.165, 1.54) is 0 Å². The number of halogens is 3. The maximum atomic E-state index is 12.6. The van der Waals surface area contributed by atoms with Crippen LogP contribution in [0, 0.1) is 17.3 Å². The lowest BCUT2D eigenvalue weighted by Gasteiger charge is -2.41. The second kappa shape index (κ2) is 6.04. The summed E-state index contributed by atoms with van der Waals surface area (Å²) in [4.78, 5) is 13.6. The highest BCUT2D eigenvalue weighted by atomic mass is 19.4. The smallest absolute Gasteiger partial charge is 0.303 e. The van der Waals surface area contributed by atoms with Crippen LogP contribution in [0.5, 0.6) is 0 Å². The Hall–Kier alpha value is -0.580. The van der Waals surface area contributed by atoms with E-state index in [1.54, 1.807) is 0 Å². The summed E-state index contributed by atoms with van der Waals surface area (Å²) in [6, 6.07) is 0. The fourth-order valence-corrected chi connectivity index (χ4v) is 3.85. The zero-order chi connectivity index (χ0) is 14.8. The number of hydrogen-bond acceptors (Lipinski definition) is 2. The molecule has 20 heavy (non-hydrogen) atoms. The van der Waals surface area contributed by atoms with Crippen molar-refractivity contribution in [3.8, 4) is 0 Å². The van der Waals surface area contributed by atoms with E-state index in [0.717, 1.165) is 32.0 Å². The molecule has 2 atom stereocenters. The van der Waals surface area contributed by atoms with E-state index in [2.05, 4.69) is 11.8 Å². The number of nitrogens with zero attached hydrogens (tertiary/aromatic N) is 1. The Labute approximate surface area is 118 Å². The Morgan fingerprint density at radius 1 is 1.25 bits per heavy atom. The van der Waals surface area contributed by atoms with Crippen LogP contribution < -0.4 is 0 Å². The van der Waals surface area contributed by atoms with Gasteiger partial charge in [-0.05, 0) is 44.7 Å². The molecule has 116 valence electrons. The first-order chi connectivity index (χ1) is 9.35. The maximum absolute atomic E-state index is 12.6. The first-order valence-corrected chi connectivity index (χ1v) is 7.60. The van der Waals surface area contributed by atoms with Crippen LogP contribution in [0.25, 0.3) is 0 Å². The minimum Gasteiger partial charge on any atom is -0.303 e. The largest absolute Gasteiger partial charge is 0.391 e. The number of aldehydes is 1. The summed E-state index contributed by atoms with van der Waals surface area (Å²) in [7, 11) is 0. The fraction of sp³-hybridized carbons (Fsp3) is 0.933. The second-order valence-corrected chi connectivity index (χ2v) is 6.77. The van der Waals surface area contributed by atoms with Gasteiger partial charge in [-0.15, -0.1) is 0 Å². The second-order valence-electron chi connectivity index (χ2n) is 6.77. The monoisotopic (exact) mass is 291 g/mol. The van der Waals surface area contributed by atoms with Crippen molar-refractivity contribution < 1.29 is 18.0 Å². The highest BCUT2D eigenvalue weighted by Crippen LogP contribution is 2.40. The van der Waals surface area contributed by atoms with Crippen LogP contribution in [0.4, 0.5) is 13.2 Å². The number of carbonyl (C=O) groups excluding carboxylic acids is 1. The van der Waals surface area contributed by atoms with Gasteiger partial charge >= 0.3 is 6.18 Å². The molecule has 1 aliphatic carbocycles. The van der Waals surface area contributed by atoms with E-state index in [-0.39, 0.29) is 18.3 Å². The van der Waals surface area contributed by atoms with Gasteiger partial charge in [-0.3, -0.25) is 0 Å². The molecule has 0 aromatic carbocycles. The lowest BCUT2D eigenvalue weighted by atomic mass is 9.70. The molecule has 0 radical (unpaired) electrons. The first kappa shape index (κ1) is 15.8. The molecular formula is C15H24F3NO. The summed E-state index contributed by atoms with van der Waals surface area (Å²) in [6.45, 7) is 3.74. The predicted octanol–water partition coefficient (Wildman–Crippen LogP) is 3.66. The van der Waals surface area contributed by atoms with Crippen LogP contribution in [0.1, 0.15) is 45.4 Å². The number of carbonyl (C=O) groups is 1. The third-order valence-electron chi connectivity index (χ3n) is 4.97. The number of rotatable bonds is 3. The molecule has 1 heterocycles. The van der Waals surface area contributed by atoms with Crippen molar-refractivity contribution in [3.63, 3.8) is 0 Å². The summed E-state index contributed by atoms with van der Waals surface area (Å²) in [5.74, 6) is -0.613. The predicted molar refractivity (Wildman–Crippen MR) is 71.3 cm³/mol. The number of hydrogen-bond donors (Lipinski definition) is 0. The van der Waals surface area contributed by atoms with Gasteiger partial charge in [-0.2, -0.15) is 13.2 Å². The first-order valence-electron chi connectivity index (χ1n) is 7.60. The van der Waals surface area contributed by atoms with Gasteiger partial charge in [0.2, 0.25) is 0 Å². The van der Waals surface area contributed by atoms with E-state index in [0.29, 0.717) is 25.6 Å². The molecule has 0 bridgehead atoms. The molecule has 5 heteroatoms. The Balaban J connectivity index is 1.89. The molecule has 0 amide bonds. The molecule has 2 aliphatic rings. The van der Waals surface area contributed by atoms with Gasteiger partial charge in [0.05, 0.1) is 5.92 Å². The molecule has 1 aliphatic heterocycles. The zero-order valence-electron chi connectivity index (χ0n) is 12.1. The van der Waals surface area contributed by atoms with Crippen LogP contribution in [0.3, 0.4) is 0 Å². The SMILES string of the molecule is CC1CCCC(C=O)(CN2CCC(C(F)(F)F)CC2)C1. The lowest BCUT2D eigenvalue weighted by molar-refractivity contribution is -0.185. The Morgan fingerprint density at radius 3 is 2.40 bits per heavy atom. The molecule has 1 saturated heterocycles. The quantitative estimate of drug-likeness (QED) is 0.740. The van der Waals surface area contributed by atoms with Crippen molar-refractivity contribution >= 4 is 6.29 Å². The molecule has 0 aromatic heterocycles. The fourth-order valence-electron chi connectivity index (χ4n) is 3.85. The Morgan fingerprint density at radius 2 is 1.90 bits per heavy atom. The number of likely N-dealkylation sites (tertiary alicyclic amines) is 1. The molecule has 0 aromatic rings. The van der Waals surface area contributed by atoms with Gasteiger partial charge in [0.15, 0.2) is 0 Å². The molecular weight excluding hydrogens is 267 g/mol. The molecule has 2 unspecified atom stereocenters. The van der Waals surface area contributed by atoms with E-state index in [1.807, 2.05) is 0 Å². The molecule has 0 N–H and O–H groups in total. The van der Waals surface area contributed by atoms with Crippen molar-refractivity contribution in [1.29, 1.82) is 0 Å². The highest BCUT2D eigenvalue weighted by Gasteiger charge is 2.43. The van der Waals surface area contributed by atoms with Crippen molar-refractivity contribution in [2.24, 2.45) is 17.3 Å². The summed E-state index contributed by atoms with van der Waals surface area (Å²) in [6.07, 6.45) is 1.34. The zero-order valence-corrected chi connectivity index (χ0v) is 12.1. The summed E-state index contributed by atoms with van der Waals surface area (Å²) in [5.41, 5.74) is -0.317. The molecule has 2 rings (SSSR count). The van der Waals surface area contributed by atoms with Gasteiger partial charge < -0.3 is 9.69 Å². The minimum absolute atomic E-state index is 0.175. The summed E-state index contributed by atoms with van der Waals surface area (Å²) >= 11 is 0. The summed E-state index contributed by atoms with van der Waals surface area (Å²) < 4.78 is 37.9. The van der Waals surface area contributed by atoms with Crippen molar-refractivity contribution in [2.45, 2.75) is 51.6 Å². The van der Waals surface area contributed by atoms with Crippen LogP contribution in [-0.2, 0) is 4.79 Å². The maximum Gasteiger partial charge on any atom is 0.391 e.